The highest BCUT2D eigenvalue weighted by Gasteiger charge is 2.27. The molecule has 0 aromatic heterocycles. The van der Waals surface area contributed by atoms with Crippen molar-refractivity contribution in [3.05, 3.63) is 23.3 Å². The average Bonchev–Trinajstić information content (AvgIpc) is 2.56. The molecule has 1 aliphatic rings. The van der Waals surface area contributed by atoms with Gasteiger partial charge in [0, 0.05) is 5.56 Å². The van der Waals surface area contributed by atoms with Crippen molar-refractivity contribution in [2.75, 3.05) is 14.2 Å². The lowest BCUT2D eigenvalue weighted by Gasteiger charge is -2.12. The number of ether oxygens (including phenoxy) is 2. The van der Waals surface area contributed by atoms with E-state index in [1.54, 1.807) is 12.1 Å². The topological polar surface area (TPSA) is 84.9 Å². The largest absolute Gasteiger partial charge is 0.493 e. The molecule has 0 saturated heterocycles. The summed E-state index contributed by atoms with van der Waals surface area (Å²) in [5, 5.41) is 11.5. The van der Waals surface area contributed by atoms with Crippen molar-refractivity contribution < 1.29 is 24.2 Å². The van der Waals surface area contributed by atoms with Crippen molar-refractivity contribution in [1.82, 2.24) is 5.32 Å². The van der Waals surface area contributed by atoms with Crippen LogP contribution in [-0.4, -0.2) is 37.2 Å². The van der Waals surface area contributed by atoms with Crippen molar-refractivity contribution in [1.29, 1.82) is 0 Å². The number of carboxylic acid groups (broad SMARTS) is 1. The van der Waals surface area contributed by atoms with Gasteiger partial charge in [0.2, 0.25) is 0 Å². The van der Waals surface area contributed by atoms with Gasteiger partial charge >= 0.3 is 5.97 Å². The molecule has 1 aromatic rings. The molecule has 1 aliphatic heterocycles. The monoisotopic (exact) mass is 265 g/mol. The second-order valence-electron chi connectivity index (χ2n) is 4.27. The van der Waals surface area contributed by atoms with Crippen LogP contribution >= 0.6 is 0 Å². The van der Waals surface area contributed by atoms with Crippen molar-refractivity contribution in [2.24, 2.45) is 0 Å². The Balaban J connectivity index is 2.43. The number of carboxylic acids is 1. The normalized spacial score (nSPS) is 18.0. The van der Waals surface area contributed by atoms with Gasteiger partial charge in [-0.05, 0) is 30.5 Å². The summed E-state index contributed by atoms with van der Waals surface area (Å²) >= 11 is 0. The lowest BCUT2D eigenvalue weighted by atomic mass is 10.0. The van der Waals surface area contributed by atoms with E-state index in [2.05, 4.69) is 5.32 Å². The van der Waals surface area contributed by atoms with Crippen molar-refractivity contribution in [3.63, 3.8) is 0 Å². The van der Waals surface area contributed by atoms with Crippen LogP contribution in [0.5, 0.6) is 11.5 Å². The molecule has 1 unspecified atom stereocenters. The number of carbonyl (C=O) groups is 2. The summed E-state index contributed by atoms with van der Waals surface area (Å²) in [5.74, 6) is -0.450. The van der Waals surface area contributed by atoms with Crippen LogP contribution in [0.4, 0.5) is 0 Å². The van der Waals surface area contributed by atoms with Gasteiger partial charge < -0.3 is 19.9 Å². The van der Waals surface area contributed by atoms with E-state index < -0.39 is 17.9 Å². The number of aryl methyl sites for hydroxylation is 1. The van der Waals surface area contributed by atoms with Crippen LogP contribution in [0, 0.1) is 0 Å². The minimum Gasteiger partial charge on any atom is -0.493 e. The van der Waals surface area contributed by atoms with Crippen LogP contribution in [-0.2, 0) is 11.2 Å². The van der Waals surface area contributed by atoms with Crippen molar-refractivity contribution >= 4 is 11.9 Å². The average molecular weight is 265 g/mol. The number of carbonyl (C=O) groups excluding carboxylic acids is 1. The molecule has 1 aromatic carbocycles. The molecule has 102 valence electrons. The molecule has 1 atom stereocenters. The Morgan fingerprint density at radius 1 is 1.32 bits per heavy atom. The molecule has 0 aliphatic carbocycles. The summed E-state index contributed by atoms with van der Waals surface area (Å²) in [6.07, 6.45) is 0.842. The maximum Gasteiger partial charge on any atom is 0.326 e. The Labute approximate surface area is 110 Å². The highest BCUT2D eigenvalue weighted by Crippen LogP contribution is 2.32. The summed E-state index contributed by atoms with van der Waals surface area (Å²) in [6, 6.07) is 2.43. The lowest BCUT2D eigenvalue weighted by molar-refractivity contribution is -0.139. The molecule has 2 rings (SSSR count). The van der Waals surface area contributed by atoms with Crippen LogP contribution < -0.4 is 14.8 Å². The zero-order valence-electron chi connectivity index (χ0n) is 10.7. The molecular weight excluding hydrogens is 250 g/mol. The number of nitrogens with one attached hydrogen (secondary N) is 1. The van der Waals surface area contributed by atoms with E-state index in [0.717, 1.165) is 5.56 Å². The first-order chi connectivity index (χ1) is 9.06. The summed E-state index contributed by atoms with van der Waals surface area (Å²) in [7, 11) is 3.00. The molecule has 0 bridgehead atoms. The summed E-state index contributed by atoms with van der Waals surface area (Å²) in [5.41, 5.74) is 1.19. The number of aliphatic carboxylic acids is 1. The minimum absolute atomic E-state index is 0.351. The van der Waals surface area contributed by atoms with E-state index in [-0.39, 0.29) is 0 Å². The van der Waals surface area contributed by atoms with Gasteiger partial charge in [-0.25, -0.2) is 4.79 Å². The number of methoxy groups -OCH3 is 2. The number of fused-ring (bicyclic) bond motifs is 1. The zero-order chi connectivity index (χ0) is 14.0. The third-order valence-electron chi connectivity index (χ3n) is 3.16. The quantitative estimate of drug-likeness (QED) is 0.845. The third kappa shape index (κ3) is 2.47. The van der Waals surface area contributed by atoms with Gasteiger partial charge in [-0.15, -0.1) is 0 Å². The van der Waals surface area contributed by atoms with E-state index >= 15 is 0 Å². The summed E-state index contributed by atoms with van der Waals surface area (Å²) < 4.78 is 10.3. The number of benzene rings is 1. The minimum atomic E-state index is -1.03. The number of hydrogen-bond donors (Lipinski definition) is 2. The van der Waals surface area contributed by atoms with Crippen LogP contribution in [0.2, 0.25) is 0 Å². The van der Waals surface area contributed by atoms with Crippen LogP contribution in [0.3, 0.4) is 0 Å². The maximum absolute atomic E-state index is 12.0. The van der Waals surface area contributed by atoms with Gasteiger partial charge in [0.1, 0.15) is 6.04 Å². The third-order valence-corrected chi connectivity index (χ3v) is 3.16. The van der Waals surface area contributed by atoms with E-state index in [1.807, 2.05) is 0 Å². The molecule has 0 spiro atoms. The Hall–Kier alpha value is -2.24. The Kier molecular flexibility index (Phi) is 3.59. The lowest BCUT2D eigenvalue weighted by Crippen LogP contribution is -2.39. The van der Waals surface area contributed by atoms with Gasteiger partial charge in [-0.1, -0.05) is 0 Å². The molecule has 0 saturated carbocycles. The fourth-order valence-corrected chi connectivity index (χ4v) is 2.13. The molecular formula is C13H15NO5. The highest BCUT2D eigenvalue weighted by molar-refractivity contribution is 5.99. The number of rotatable bonds is 3. The first-order valence-electron chi connectivity index (χ1n) is 5.85. The van der Waals surface area contributed by atoms with Crippen molar-refractivity contribution in [3.8, 4) is 11.5 Å². The fourth-order valence-electron chi connectivity index (χ4n) is 2.13. The van der Waals surface area contributed by atoms with Gasteiger partial charge in [-0.3, -0.25) is 4.79 Å². The second kappa shape index (κ2) is 5.17. The van der Waals surface area contributed by atoms with Gasteiger partial charge in [0.05, 0.1) is 14.2 Å². The number of hydrogen-bond acceptors (Lipinski definition) is 4. The molecule has 1 amide bonds. The first kappa shape index (κ1) is 13.2. The number of amides is 1. The zero-order valence-corrected chi connectivity index (χ0v) is 10.7. The highest BCUT2D eigenvalue weighted by atomic mass is 16.5. The standard InChI is InChI=1S/C13H15NO5/c1-18-10-5-7-3-4-9(13(16)17)14-12(15)8(7)6-11(10)19-2/h5-6,9H,3-4H2,1-2H3,(H,14,15)(H,16,17). The molecule has 6 heteroatoms. The Morgan fingerprint density at radius 3 is 2.53 bits per heavy atom. The summed E-state index contributed by atoms with van der Waals surface area (Å²) in [4.78, 5) is 23.0. The molecule has 0 fully saturated rings. The molecule has 6 nitrogen and oxygen atoms in total. The Morgan fingerprint density at radius 2 is 1.95 bits per heavy atom. The molecule has 2 N–H and O–H groups in total. The second-order valence-corrected chi connectivity index (χ2v) is 4.27. The van der Waals surface area contributed by atoms with Crippen LogP contribution in [0.15, 0.2) is 12.1 Å². The van der Waals surface area contributed by atoms with Gasteiger partial charge in [-0.2, -0.15) is 0 Å². The maximum atomic E-state index is 12.0. The predicted octanol–water partition coefficient (Wildman–Crippen LogP) is 0.833. The first-order valence-corrected chi connectivity index (χ1v) is 5.85. The van der Waals surface area contributed by atoms with E-state index in [1.165, 1.54) is 14.2 Å². The van der Waals surface area contributed by atoms with E-state index in [0.29, 0.717) is 29.9 Å². The Bertz CT molecular complexity index is 526. The van der Waals surface area contributed by atoms with Crippen LogP contribution in [0.1, 0.15) is 22.3 Å². The van der Waals surface area contributed by atoms with Crippen molar-refractivity contribution in [2.45, 2.75) is 18.9 Å². The van der Waals surface area contributed by atoms with Crippen LogP contribution in [0.25, 0.3) is 0 Å². The smallest absolute Gasteiger partial charge is 0.326 e. The molecule has 1 heterocycles. The van der Waals surface area contributed by atoms with E-state index in [9.17, 15) is 9.59 Å². The SMILES string of the molecule is COc1cc2c(cc1OC)C(=O)NC(C(=O)O)CC2. The fraction of sp³-hybridized carbons (Fsp3) is 0.385. The van der Waals surface area contributed by atoms with E-state index in [4.69, 9.17) is 14.6 Å². The summed E-state index contributed by atoms with van der Waals surface area (Å²) in [6.45, 7) is 0. The molecule has 0 radical (unpaired) electrons. The molecule has 19 heavy (non-hydrogen) atoms. The predicted molar refractivity (Wildman–Crippen MR) is 66.8 cm³/mol. The van der Waals surface area contributed by atoms with Gasteiger partial charge in [0.15, 0.2) is 11.5 Å². The van der Waals surface area contributed by atoms with Gasteiger partial charge in [0.25, 0.3) is 5.91 Å².